The number of nitrogens with two attached hydrogens (primary N) is 1. The van der Waals surface area contributed by atoms with E-state index in [1.165, 1.54) is 25.9 Å². The van der Waals surface area contributed by atoms with Gasteiger partial charge in [-0.15, -0.1) is 0 Å². The first-order chi connectivity index (χ1) is 9.11. The van der Waals surface area contributed by atoms with Crippen LogP contribution in [0.1, 0.15) is 40.0 Å². The second-order valence-corrected chi connectivity index (χ2v) is 6.41. The Morgan fingerprint density at radius 2 is 1.95 bits per heavy atom. The van der Waals surface area contributed by atoms with Crippen molar-refractivity contribution in [1.29, 1.82) is 0 Å². The molecule has 2 N–H and O–H groups in total. The molecule has 0 saturated carbocycles. The van der Waals surface area contributed by atoms with Gasteiger partial charge in [0.25, 0.3) is 0 Å². The van der Waals surface area contributed by atoms with Gasteiger partial charge in [-0.1, -0.05) is 6.92 Å². The molecular weight excluding hydrogens is 238 g/mol. The minimum Gasteiger partial charge on any atom is -0.376 e. The van der Waals surface area contributed by atoms with Crippen LogP contribution < -0.4 is 5.73 Å². The van der Waals surface area contributed by atoms with E-state index in [4.69, 9.17) is 10.5 Å². The maximum atomic E-state index is 6.18. The number of rotatable bonds is 4. The highest BCUT2D eigenvalue weighted by Crippen LogP contribution is 2.30. The quantitative estimate of drug-likeness (QED) is 0.835. The molecule has 1 unspecified atom stereocenters. The molecule has 0 radical (unpaired) electrons. The summed E-state index contributed by atoms with van der Waals surface area (Å²) in [6.07, 6.45) is 3.92. The highest BCUT2D eigenvalue weighted by atomic mass is 16.5. The van der Waals surface area contributed by atoms with Gasteiger partial charge >= 0.3 is 0 Å². The minimum atomic E-state index is 0.225. The molecule has 2 heterocycles. The van der Waals surface area contributed by atoms with Gasteiger partial charge in [0.15, 0.2) is 0 Å². The minimum absolute atomic E-state index is 0.225. The van der Waals surface area contributed by atoms with Crippen LogP contribution in [0.5, 0.6) is 0 Å². The van der Waals surface area contributed by atoms with Crippen LogP contribution in [0.3, 0.4) is 0 Å². The molecule has 2 saturated heterocycles. The summed E-state index contributed by atoms with van der Waals surface area (Å²) in [5, 5.41) is 0. The monoisotopic (exact) mass is 269 g/mol. The summed E-state index contributed by atoms with van der Waals surface area (Å²) in [5.74, 6) is 0. The van der Waals surface area contributed by atoms with Crippen LogP contribution in [0, 0.1) is 0 Å². The van der Waals surface area contributed by atoms with Crippen LogP contribution in [0.25, 0.3) is 0 Å². The fraction of sp³-hybridized carbons (Fsp3) is 1.00. The molecule has 4 heteroatoms. The molecule has 1 atom stereocenters. The van der Waals surface area contributed by atoms with Crippen LogP contribution in [-0.4, -0.2) is 66.8 Å². The lowest BCUT2D eigenvalue weighted by atomic mass is 9.84. The van der Waals surface area contributed by atoms with Gasteiger partial charge in [0.05, 0.1) is 12.7 Å². The average Bonchev–Trinajstić information content (AvgIpc) is 2.47. The predicted octanol–water partition coefficient (Wildman–Crippen LogP) is 1.30. The largest absolute Gasteiger partial charge is 0.376 e. The SMILES string of the molecule is CCC1CN(C2(CN)CCN(C(C)C)CC2)CCO1. The van der Waals surface area contributed by atoms with Crippen LogP contribution in [0.15, 0.2) is 0 Å². The molecule has 2 rings (SSSR count). The van der Waals surface area contributed by atoms with E-state index in [9.17, 15) is 0 Å². The Balaban J connectivity index is 1.99. The van der Waals surface area contributed by atoms with Crippen molar-refractivity contribution in [2.75, 3.05) is 39.3 Å². The fourth-order valence-electron chi connectivity index (χ4n) is 3.50. The molecule has 2 aliphatic rings. The summed E-state index contributed by atoms with van der Waals surface area (Å²) in [6.45, 7) is 12.9. The zero-order valence-corrected chi connectivity index (χ0v) is 12.9. The summed E-state index contributed by atoms with van der Waals surface area (Å²) in [6, 6.07) is 0.656. The Hall–Kier alpha value is -0.160. The molecule has 4 nitrogen and oxygen atoms in total. The first-order valence-electron chi connectivity index (χ1n) is 7.92. The molecule has 19 heavy (non-hydrogen) atoms. The maximum Gasteiger partial charge on any atom is 0.0700 e. The Morgan fingerprint density at radius 3 is 2.47 bits per heavy atom. The lowest BCUT2D eigenvalue weighted by Gasteiger charge is -2.51. The van der Waals surface area contributed by atoms with E-state index in [-0.39, 0.29) is 5.54 Å². The van der Waals surface area contributed by atoms with Crippen LogP contribution in [0.4, 0.5) is 0 Å². The average molecular weight is 269 g/mol. The summed E-state index contributed by atoms with van der Waals surface area (Å²) in [4.78, 5) is 5.20. The van der Waals surface area contributed by atoms with Crippen LogP contribution in [0.2, 0.25) is 0 Å². The van der Waals surface area contributed by atoms with E-state index in [0.29, 0.717) is 12.1 Å². The predicted molar refractivity (Wildman–Crippen MR) is 79.3 cm³/mol. The molecule has 0 amide bonds. The van der Waals surface area contributed by atoms with E-state index < -0.39 is 0 Å². The van der Waals surface area contributed by atoms with Gasteiger partial charge in [-0.3, -0.25) is 4.90 Å². The maximum absolute atomic E-state index is 6.18. The Kier molecular flexibility index (Phi) is 5.23. The Morgan fingerprint density at radius 1 is 1.26 bits per heavy atom. The highest BCUT2D eigenvalue weighted by molar-refractivity contribution is 4.98. The number of hydrogen-bond acceptors (Lipinski definition) is 4. The smallest absolute Gasteiger partial charge is 0.0700 e. The standard InChI is InChI=1S/C15H31N3O/c1-4-14-11-18(9-10-19-14)15(12-16)5-7-17(8-6-15)13(2)3/h13-14H,4-12,16H2,1-3H3. The van der Waals surface area contributed by atoms with Gasteiger partial charge in [0.2, 0.25) is 0 Å². The first kappa shape index (κ1) is 15.2. The second kappa shape index (κ2) is 6.53. The zero-order valence-electron chi connectivity index (χ0n) is 12.9. The van der Waals surface area contributed by atoms with Gasteiger partial charge in [0.1, 0.15) is 0 Å². The van der Waals surface area contributed by atoms with Crippen molar-refractivity contribution in [2.45, 2.75) is 57.7 Å². The molecule has 2 fully saturated rings. The number of nitrogens with zero attached hydrogens (tertiary/aromatic N) is 2. The summed E-state index contributed by atoms with van der Waals surface area (Å²) in [7, 11) is 0. The first-order valence-corrected chi connectivity index (χ1v) is 7.92. The van der Waals surface area contributed by atoms with Gasteiger partial charge in [-0.05, 0) is 33.1 Å². The normalized spacial score (nSPS) is 29.8. The van der Waals surface area contributed by atoms with Crippen molar-refractivity contribution in [2.24, 2.45) is 5.73 Å². The van der Waals surface area contributed by atoms with Crippen LogP contribution in [-0.2, 0) is 4.74 Å². The topological polar surface area (TPSA) is 41.7 Å². The van der Waals surface area contributed by atoms with Crippen molar-refractivity contribution in [3.63, 3.8) is 0 Å². The molecule has 112 valence electrons. The molecule has 0 aliphatic carbocycles. The fourth-order valence-corrected chi connectivity index (χ4v) is 3.50. The lowest BCUT2D eigenvalue weighted by Crippen LogP contribution is -2.63. The Bertz CT molecular complexity index is 275. The molecule has 0 aromatic heterocycles. The van der Waals surface area contributed by atoms with Gasteiger partial charge in [-0.25, -0.2) is 0 Å². The van der Waals surface area contributed by atoms with E-state index in [1.54, 1.807) is 0 Å². The highest BCUT2D eigenvalue weighted by Gasteiger charge is 2.40. The molecule has 2 aliphatic heterocycles. The summed E-state index contributed by atoms with van der Waals surface area (Å²) < 4.78 is 5.80. The van der Waals surface area contributed by atoms with E-state index in [1.807, 2.05) is 0 Å². The molecule has 0 bridgehead atoms. The van der Waals surface area contributed by atoms with Crippen molar-refractivity contribution in [3.8, 4) is 0 Å². The number of ether oxygens (including phenoxy) is 1. The van der Waals surface area contributed by atoms with Crippen molar-refractivity contribution < 1.29 is 4.74 Å². The van der Waals surface area contributed by atoms with Crippen LogP contribution >= 0.6 is 0 Å². The van der Waals surface area contributed by atoms with Gasteiger partial charge in [0, 0.05) is 44.3 Å². The molecule has 0 spiro atoms. The number of hydrogen-bond donors (Lipinski definition) is 1. The third-order valence-electron chi connectivity index (χ3n) is 5.10. The van der Waals surface area contributed by atoms with Crippen molar-refractivity contribution in [1.82, 2.24) is 9.80 Å². The van der Waals surface area contributed by atoms with E-state index >= 15 is 0 Å². The van der Waals surface area contributed by atoms with Gasteiger partial charge < -0.3 is 15.4 Å². The molecular formula is C15H31N3O. The zero-order chi connectivity index (χ0) is 13.9. The summed E-state index contributed by atoms with van der Waals surface area (Å²) >= 11 is 0. The van der Waals surface area contributed by atoms with E-state index in [2.05, 4.69) is 30.6 Å². The Labute approximate surface area is 118 Å². The number of likely N-dealkylation sites (tertiary alicyclic amines) is 1. The number of morpholine rings is 1. The lowest BCUT2D eigenvalue weighted by molar-refractivity contribution is -0.0852. The third kappa shape index (κ3) is 3.30. The van der Waals surface area contributed by atoms with Crippen molar-refractivity contribution >= 4 is 0 Å². The van der Waals surface area contributed by atoms with Gasteiger partial charge in [-0.2, -0.15) is 0 Å². The second-order valence-electron chi connectivity index (χ2n) is 6.41. The molecule has 0 aromatic carbocycles. The van der Waals surface area contributed by atoms with Crippen molar-refractivity contribution in [3.05, 3.63) is 0 Å². The van der Waals surface area contributed by atoms with E-state index in [0.717, 1.165) is 32.7 Å². The molecule has 0 aromatic rings. The number of piperidine rings is 1. The summed E-state index contributed by atoms with van der Waals surface area (Å²) in [5.41, 5.74) is 6.40. The third-order valence-corrected chi connectivity index (χ3v) is 5.10.